The smallest absolute Gasteiger partial charge is 0.305 e. The maximum atomic E-state index is 14.3. The topological polar surface area (TPSA) is 46.5 Å². The van der Waals surface area contributed by atoms with Crippen LogP contribution in [0.4, 0.5) is 4.39 Å². The van der Waals surface area contributed by atoms with Gasteiger partial charge in [0.1, 0.15) is 12.8 Å². The van der Waals surface area contributed by atoms with Crippen LogP contribution >= 0.6 is 0 Å². The second-order valence-corrected chi connectivity index (χ2v) is 7.44. The highest BCUT2D eigenvalue weighted by Gasteiger charge is 2.35. The zero-order valence-corrected chi connectivity index (χ0v) is 15.7. The predicted octanol–water partition coefficient (Wildman–Crippen LogP) is 4.86. The van der Waals surface area contributed by atoms with Gasteiger partial charge in [-0.3, -0.25) is 4.79 Å². The van der Waals surface area contributed by atoms with Crippen molar-refractivity contribution < 1.29 is 19.0 Å². The lowest BCUT2D eigenvalue weighted by Crippen LogP contribution is -2.16. The number of unbranched alkanes of at least 4 members (excludes halogenated alkanes) is 3. The number of carbonyl (C=O) groups excluding carboxylic acids is 1. The molecule has 2 rings (SSSR count). The van der Waals surface area contributed by atoms with E-state index in [2.05, 4.69) is 24.3 Å². The summed E-state index contributed by atoms with van der Waals surface area (Å²) in [5.41, 5.74) is 1.35. The Morgan fingerprint density at radius 3 is 2.62 bits per heavy atom. The van der Waals surface area contributed by atoms with Gasteiger partial charge < -0.3 is 9.84 Å². The zero-order chi connectivity index (χ0) is 18.6. The third kappa shape index (κ3) is 7.45. The molecular formula is C22H33FO3. The third-order valence-corrected chi connectivity index (χ3v) is 5.55. The molecule has 0 radical (unpaired) electrons. The van der Waals surface area contributed by atoms with E-state index in [-0.39, 0.29) is 25.1 Å². The van der Waals surface area contributed by atoms with Crippen molar-refractivity contribution in [2.75, 3.05) is 13.2 Å². The molecule has 1 aromatic rings. The number of carbonyl (C=O) groups is 1. The maximum absolute atomic E-state index is 14.3. The molecule has 4 heteroatoms. The van der Waals surface area contributed by atoms with Gasteiger partial charge in [-0.05, 0) is 55.9 Å². The lowest BCUT2D eigenvalue weighted by atomic mass is 9.86. The molecule has 1 fully saturated rings. The Labute approximate surface area is 156 Å². The van der Waals surface area contributed by atoms with Crippen LogP contribution in [-0.2, 0) is 16.0 Å². The number of ether oxygens (including phenoxy) is 1. The van der Waals surface area contributed by atoms with E-state index >= 15 is 0 Å². The molecule has 1 aromatic carbocycles. The van der Waals surface area contributed by atoms with Crippen molar-refractivity contribution in [1.82, 2.24) is 0 Å². The van der Waals surface area contributed by atoms with Crippen molar-refractivity contribution in [3.63, 3.8) is 0 Å². The summed E-state index contributed by atoms with van der Waals surface area (Å²) in [6.07, 6.45) is 8.50. The number of benzene rings is 1. The first-order valence-electron chi connectivity index (χ1n) is 10.1. The van der Waals surface area contributed by atoms with Crippen LogP contribution in [0.3, 0.4) is 0 Å². The van der Waals surface area contributed by atoms with Crippen LogP contribution < -0.4 is 0 Å². The van der Waals surface area contributed by atoms with Gasteiger partial charge in [-0.15, -0.1) is 0 Å². The molecule has 0 saturated heterocycles. The summed E-state index contributed by atoms with van der Waals surface area (Å²) in [5.74, 6) is 0.492. The molecule has 3 atom stereocenters. The minimum atomic E-state index is -0.635. The number of hydrogen-bond donors (Lipinski definition) is 1. The van der Waals surface area contributed by atoms with E-state index in [9.17, 15) is 9.18 Å². The first kappa shape index (κ1) is 20.9. The minimum Gasteiger partial charge on any atom is -0.463 e. The quantitative estimate of drug-likeness (QED) is 0.425. The van der Waals surface area contributed by atoms with Gasteiger partial charge >= 0.3 is 5.97 Å². The molecule has 146 valence electrons. The highest BCUT2D eigenvalue weighted by molar-refractivity contribution is 5.69. The monoisotopic (exact) mass is 364 g/mol. The summed E-state index contributed by atoms with van der Waals surface area (Å²) in [6.45, 7) is -0.0360. The number of rotatable bonds is 12. The predicted molar refractivity (Wildman–Crippen MR) is 102 cm³/mol. The Balaban J connectivity index is 1.60. The van der Waals surface area contributed by atoms with Gasteiger partial charge in [-0.1, -0.05) is 49.6 Å². The fourth-order valence-corrected chi connectivity index (χ4v) is 4.10. The molecule has 26 heavy (non-hydrogen) atoms. The van der Waals surface area contributed by atoms with Crippen LogP contribution in [0.15, 0.2) is 30.3 Å². The number of hydrogen-bond acceptors (Lipinski definition) is 3. The van der Waals surface area contributed by atoms with Gasteiger partial charge in [0, 0.05) is 6.42 Å². The third-order valence-electron chi connectivity index (χ3n) is 5.55. The highest BCUT2D eigenvalue weighted by atomic mass is 19.1. The molecule has 1 N–H and O–H groups in total. The Morgan fingerprint density at radius 2 is 1.85 bits per heavy atom. The van der Waals surface area contributed by atoms with Gasteiger partial charge in [0.25, 0.3) is 0 Å². The standard InChI is InChI=1S/C22H33FO3/c23-21-15-14-19(13-12-18-8-4-3-5-9-18)20(21)10-6-1-2-7-11-22(25)26-17-16-24/h3-5,8-9,19-21,24H,1-2,6-7,10-17H2/t19-,20+,21?/m0/s1. The summed E-state index contributed by atoms with van der Waals surface area (Å²) < 4.78 is 19.1. The maximum Gasteiger partial charge on any atom is 0.305 e. The van der Waals surface area contributed by atoms with Crippen LogP contribution in [0, 0.1) is 11.8 Å². The first-order valence-corrected chi connectivity index (χ1v) is 10.1. The second-order valence-electron chi connectivity index (χ2n) is 7.44. The van der Waals surface area contributed by atoms with Crippen LogP contribution in [0.25, 0.3) is 0 Å². The van der Waals surface area contributed by atoms with E-state index < -0.39 is 6.17 Å². The van der Waals surface area contributed by atoms with Crippen molar-refractivity contribution >= 4 is 5.97 Å². The summed E-state index contributed by atoms with van der Waals surface area (Å²) >= 11 is 0. The number of aryl methyl sites for hydroxylation is 1. The SMILES string of the molecule is O=C(CCCCCC[C@H]1C(F)CC[C@@H]1CCc1ccccc1)OCCO. The minimum absolute atomic E-state index is 0.0861. The van der Waals surface area contributed by atoms with Crippen molar-refractivity contribution in [3.8, 4) is 0 Å². The van der Waals surface area contributed by atoms with E-state index in [1.807, 2.05) is 6.07 Å². The van der Waals surface area contributed by atoms with Gasteiger partial charge in [-0.2, -0.15) is 0 Å². The number of halogens is 1. The lowest BCUT2D eigenvalue weighted by molar-refractivity contribution is -0.144. The largest absolute Gasteiger partial charge is 0.463 e. The lowest BCUT2D eigenvalue weighted by Gasteiger charge is -2.21. The van der Waals surface area contributed by atoms with E-state index in [0.717, 1.165) is 57.8 Å². The Hall–Kier alpha value is -1.42. The van der Waals surface area contributed by atoms with Gasteiger partial charge in [0.2, 0.25) is 0 Å². The van der Waals surface area contributed by atoms with Crippen LogP contribution in [0.2, 0.25) is 0 Å². The Kier molecular flexibility index (Phi) is 9.68. The Morgan fingerprint density at radius 1 is 1.08 bits per heavy atom. The fourth-order valence-electron chi connectivity index (χ4n) is 4.10. The molecule has 0 heterocycles. The van der Waals surface area contributed by atoms with Crippen LogP contribution in [-0.4, -0.2) is 30.5 Å². The molecule has 1 aliphatic carbocycles. The number of aliphatic hydroxyl groups is 1. The molecule has 0 spiro atoms. The second kappa shape index (κ2) is 12.1. The average molecular weight is 365 g/mol. The Bertz CT molecular complexity index is 505. The number of aliphatic hydroxyl groups excluding tert-OH is 1. The molecule has 3 nitrogen and oxygen atoms in total. The highest BCUT2D eigenvalue weighted by Crippen LogP contribution is 2.40. The molecule has 1 unspecified atom stereocenters. The molecule has 0 aromatic heterocycles. The van der Waals surface area contributed by atoms with E-state index in [1.54, 1.807) is 0 Å². The number of alkyl halides is 1. The average Bonchev–Trinajstić information content (AvgIpc) is 3.01. The summed E-state index contributed by atoms with van der Waals surface area (Å²) in [4.78, 5) is 11.3. The summed E-state index contributed by atoms with van der Waals surface area (Å²) in [7, 11) is 0. The molecule has 0 amide bonds. The van der Waals surface area contributed by atoms with Crippen LogP contribution in [0.5, 0.6) is 0 Å². The fraction of sp³-hybridized carbons (Fsp3) is 0.682. The van der Waals surface area contributed by atoms with E-state index in [4.69, 9.17) is 9.84 Å². The van der Waals surface area contributed by atoms with Gasteiger partial charge in [-0.25, -0.2) is 4.39 Å². The first-order chi connectivity index (χ1) is 12.7. The summed E-state index contributed by atoms with van der Waals surface area (Å²) in [5, 5.41) is 8.60. The van der Waals surface area contributed by atoms with Gasteiger partial charge in [0.15, 0.2) is 0 Å². The molecule has 0 aliphatic heterocycles. The number of esters is 1. The molecular weight excluding hydrogens is 331 g/mol. The molecule has 1 aliphatic rings. The van der Waals surface area contributed by atoms with E-state index in [1.165, 1.54) is 5.56 Å². The molecule has 0 bridgehead atoms. The van der Waals surface area contributed by atoms with Crippen molar-refractivity contribution in [2.24, 2.45) is 11.8 Å². The van der Waals surface area contributed by atoms with Crippen LogP contribution in [0.1, 0.15) is 63.4 Å². The van der Waals surface area contributed by atoms with Crippen molar-refractivity contribution in [1.29, 1.82) is 0 Å². The van der Waals surface area contributed by atoms with Crippen molar-refractivity contribution in [3.05, 3.63) is 35.9 Å². The van der Waals surface area contributed by atoms with E-state index in [0.29, 0.717) is 12.3 Å². The summed E-state index contributed by atoms with van der Waals surface area (Å²) in [6, 6.07) is 10.5. The zero-order valence-electron chi connectivity index (χ0n) is 15.7. The van der Waals surface area contributed by atoms with Gasteiger partial charge in [0.05, 0.1) is 6.61 Å². The normalized spacial score (nSPS) is 22.5. The molecule has 1 saturated carbocycles. The van der Waals surface area contributed by atoms with Crippen molar-refractivity contribution in [2.45, 2.75) is 70.4 Å².